The highest BCUT2D eigenvalue weighted by Crippen LogP contribution is 2.47. The summed E-state index contributed by atoms with van der Waals surface area (Å²) in [6, 6.07) is 10.0. The Balaban J connectivity index is 1.04. The van der Waals surface area contributed by atoms with E-state index in [1.54, 1.807) is 0 Å². The Kier molecular flexibility index (Phi) is 9.15. The van der Waals surface area contributed by atoms with E-state index in [0.29, 0.717) is 18.4 Å². The molecule has 0 fully saturated rings. The Morgan fingerprint density at radius 2 is 1.65 bits per heavy atom. The van der Waals surface area contributed by atoms with Crippen LogP contribution < -0.4 is 10.6 Å². The number of halogens is 1. The van der Waals surface area contributed by atoms with Gasteiger partial charge in [-0.3, -0.25) is 9.78 Å². The number of hydrogen-bond acceptors (Lipinski definition) is 5. The minimum Gasteiger partial charge on any atom is -0.508 e. The van der Waals surface area contributed by atoms with E-state index in [2.05, 4.69) is 29.7 Å². The number of nitrogens with one attached hydrogen (secondary N) is 2. The third-order valence-corrected chi connectivity index (χ3v) is 8.45. The number of phenols is 2. The Hall–Kier alpha value is -3.25. The zero-order chi connectivity index (χ0) is 28.1. The first-order chi connectivity index (χ1) is 19.4. The van der Waals surface area contributed by atoms with Crippen molar-refractivity contribution < 1.29 is 15.0 Å². The Morgan fingerprint density at radius 3 is 2.40 bits per heavy atom. The number of anilines is 1. The second-order valence-electron chi connectivity index (χ2n) is 11.5. The lowest BCUT2D eigenvalue weighted by atomic mass is 9.71. The number of aromatic nitrogens is 1. The fourth-order valence-corrected chi connectivity index (χ4v) is 6.62. The van der Waals surface area contributed by atoms with E-state index in [4.69, 9.17) is 16.6 Å². The maximum absolute atomic E-state index is 12.2. The molecular formula is C33H40ClN3O3. The predicted molar refractivity (Wildman–Crippen MR) is 163 cm³/mol. The van der Waals surface area contributed by atoms with Crippen LogP contribution in [0.5, 0.6) is 11.5 Å². The topological polar surface area (TPSA) is 94.5 Å². The van der Waals surface area contributed by atoms with Gasteiger partial charge in [-0.15, -0.1) is 0 Å². The van der Waals surface area contributed by atoms with Gasteiger partial charge in [0.05, 0.1) is 5.52 Å². The number of nitrogens with zero attached hydrogens (tertiary/aromatic N) is 1. The smallest absolute Gasteiger partial charge is 0.251 e. The molecule has 1 heterocycles. The van der Waals surface area contributed by atoms with Crippen LogP contribution in [0.25, 0.3) is 10.9 Å². The molecule has 2 aromatic carbocycles. The number of benzene rings is 2. The zero-order valence-corrected chi connectivity index (χ0v) is 24.1. The average molecular weight is 562 g/mol. The quantitative estimate of drug-likeness (QED) is 0.133. The fraction of sp³-hybridized carbons (Fsp3) is 0.455. The molecule has 2 aliphatic rings. The van der Waals surface area contributed by atoms with Gasteiger partial charge in [-0.05, 0) is 81.2 Å². The number of carbonyl (C=O) groups excluding carboxylic acids is 1. The Labute approximate surface area is 241 Å². The zero-order valence-electron chi connectivity index (χ0n) is 23.3. The van der Waals surface area contributed by atoms with Crippen LogP contribution in [-0.2, 0) is 6.42 Å². The summed E-state index contributed by atoms with van der Waals surface area (Å²) >= 11 is 6.33. The first-order valence-corrected chi connectivity index (χ1v) is 15.1. The van der Waals surface area contributed by atoms with Crippen molar-refractivity contribution in [2.24, 2.45) is 5.92 Å². The Bertz CT molecular complexity index is 1380. The number of unbranched alkanes of at least 4 members (excludes halogenated alkanes) is 6. The van der Waals surface area contributed by atoms with E-state index in [-0.39, 0.29) is 23.0 Å². The summed E-state index contributed by atoms with van der Waals surface area (Å²) in [5.74, 6) is 0.639. The van der Waals surface area contributed by atoms with E-state index in [0.717, 1.165) is 55.6 Å². The maximum Gasteiger partial charge on any atom is 0.251 e. The predicted octanol–water partition coefficient (Wildman–Crippen LogP) is 7.87. The second-order valence-corrected chi connectivity index (χ2v) is 12.0. The molecule has 0 spiro atoms. The number of carbonyl (C=O) groups is 1. The standard InChI is InChI=1S/C33H40ClN3O3/c1-21-13-22-15-23(14-21)31-30(16-22)37-29-19-25(34)9-10-28(29)32(31)35-11-7-5-3-2-4-6-8-12-36-33(40)24-17-26(38)20-27(39)18-24/h9-10,13,17-20,22-23,38-39H,2-8,11-12,14-16H2,1H3,(H,35,37)(H,36,40). The Morgan fingerprint density at radius 1 is 0.950 bits per heavy atom. The van der Waals surface area contributed by atoms with Crippen LogP contribution in [0.4, 0.5) is 5.69 Å². The van der Waals surface area contributed by atoms with E-state index in [9.17, 15) is 15.0 Å². The van der Waals surface area contributed by atoms with Crippen molar-refractivity contribution in [2.45, 2.75) is 77.0 Å². The first kappa shape index (κ1) is 28.3. The van der Waals surface area contributed by atoms with Gasteiger partial charge in [-0.25, -0.2) is 0 Å². The van der Waals surface area contributed by atoms with Crippen molar-refractivity contribution in [1.82, 2.24) is 10.3 Å². The summed E-state index contributed by atoms with van der Waals surface area (Å²) in [6.45, 7) is 3.81. The highest BCUT2D eigenvalue weighted by atomic mass is 35.5. The molecule has 7 heteroatoms. The highest BCUT2D eigenvalue weighted by molar-refractivity contribution is 6.31. The minimum atomic E-state index is -0.278. The molecule has 3 aromatic rings. The molecule has 5 rings (SSSR count). The van der Waals surface area contributed by atoms with Crippen LogP contribution in [0.1, 0.15) is 92.2 Å². The normalized spacial score (nSPS) is 17.8. The van der Waals surface area contributed by atoms with Gasteiger partial charge in [0.25, 0.3) is 5.91 Å². The summed E-state index contributed by atoms with van der Waals surface area (Å²) in [5.41, 5.74) is 6.73. The summed E-state index contributed by atoms with van der Waals surface area (Å²) in [5, 5.41) is 27.7. The van der Waals surface area contributed by atoms with Crippen molar-refractivity contribution in [3.8, 4) is 11.5 Å². The largest absolute Gasteiger partial charge is 0.508 e. The number of amides is 1. The van der Waals surface area contributed by atoms with Crippen molar-refractivity contribution in [3.05, 3.63) is 69.9 Å². The van der Waals surface area contributed by atoms with E-state index in [1.807, 2.05) is 12.1 Å². The summed E-state index contributed by atoms with van der Waals surface area (Å²) in [7, 11) is 0. The molecule has 0 radical (unpaired) electrons. The van der Waals surface area contributed by atoms with Gasteiger partial charge in [-0.1, -0.05) is 55.4 Å². The lowest BCUT2D eigenvalue weighted by Crippen LogP contribution is -2.24. The summed E-state index contributed by atoms with van der Waals surface area (Å²) in [4.78, 5) is 17.2. The number of aromatic hydroxyl groups is 2. The van der Waals surface area contributed by atoms with Crippen LogP contribution in [-0.4, -0.2) is 34.2 Å². The van der Waals surface area contributed by atoms with Gasteiger partial charge in [0.15, 0.2) is 0 Å². The number of fused-ring (bicyclic) bond motifs is 5. The van der Waals surface area contributed by atoms with Crippen LogP contribution in [0, 0.1) is 5.92 Å². The van der Waals surface area contributed by atoms with Crippen molar-refractivity contribution >= 4 is 34.1 Å². The molecule has 1 aromatic heterocycles. The lowest BCUT2D eigenvalue weighted by Gasteiger charge is -2.36. The number of hydrogen-bond donors (Lipinski definition) is 4. The van der Waals surface area contributed by atoms with Crippen molar-refractivity contribution in [2.75, 3.05) is 18.4 Å². The van der Waals surface area contributed by atoms with Gasteiger partial charge in [0.2, 0.25) is 0 Å². The molecule has 4 N–H and O–H groups in total. The molecule has 6 nitrogen and oxygen atoms in total. The number of pyridine rings is 1. The van der Waals surface area contributed by atoms with E-state index in [1.165, 1.54) is 71.8 Å². The summed E-state index contributed by atoms with van der Waals surface area (Å²) in [6.07, 6.45) is 13.7. The number of allylic oxidation sites excluding steroid dienone is 2. The highest BCUT2D eigenvalue weighted by Gasteiger charge is 2.33. The minimum absolute atomic E-state index is 0.117. The number of phenolic OH excluding ortho intramolecular Hbond substituents is 2. The van der Waals surface area contributed by atoms with Gasteiger partial charge in [0, 0.05) is 52.1 Å². The monoisotopic (exact) mass is 561 g/mol. The van der Waals surface area contributed by atoms with Crippen LogP contribution >= 0.6 is 11.6 Å². The second kappa shape index (κ2) is 12.9. The van der Waals surface area contributed by atoms with Crippen molar-refractivity contribution in [1.29, 1.82) is 0 Å². The van der Waals surface area contributed by atoms with E-state index >= 15 is 0 Å². The molecule has 1 amide bonds. The molecule has 0 saturated heterocycles. The van der Waals surface area contributed by atoms with Gasteiger partial charge in [-0.2, -0.15) is 0 Å². The van der Waals surface area contributed by atoms with Gasteiger partial charge < -0.3 is 20.8 Å². The molecule has 2 unspecified atom stereocenters. The molecule has 2 aliphatic carbocycles. The maximum atomic E-state index is 12.2. The number of rotatable bonds is 12. The van der Waals surface area contributed by atoms with Crippen LogP contribution in [0.2, 0.25) is 5.02 Å². The van der Waals surface area contributed by atoms with E-state index < -0.39 is 0 Å². The molecule has 40 heavy (non-hydrogen) atoms. The first-order valence-electron chi connectivity index (χ1n) is 14.7. The lowest BCUT2D eigenvalue weighted by molar-refractivity contribution is 0.0952. The third kappa shape index (κ3) is 6.90. The fourth-order valence-electron chi connectivity index (χ4n) is 6.45. The SMILES string of the molecule is CC1=CC2Cc3nc4cc(Cl)ccc4c(NCCCCCCCCCNC(=O)c4cc(O)cc(O)c4)c3C(C1)C2. The molecular weight excluding hydrogens is 522 g/mol. The third-order valence-electron chi connectivity index (χ3n) is 8.21. The molecule has 212 valence electrons. The molecule has 0 saturated carbocycles. The van der Waals surface area contributed by atoms with Crippen molar-refractivity contribution in [3.63, 3.8) is 0 Å². The molecule has 0 aliphatic heterocycles. The van der Waals surface area contributed by atoms with Gasteiger partial charge >= 0.3 is 0 Å². The average Bonchev–Trinajstić information content (AvgIpc) is 2.90. The molecule has 2 atom stereocenters. The van der Waals surface area contributed by atoms with Crippen LogP contribution in [0.15, 0.2) is 48.0 Å². The molecule has 2 bridgehead atoms. The summed E-state index contributed by atoms with van der Waals surface area (Å²) < 4.78 is 0. The van der Waals surface area contributed by atoms with Gasteiger partial charge in [0.1, 0.15) is 11.5 Å². The van der Waals surface area contributed by atoms with Crippen LogP contribution in [0.3, 0.4) is 0 Å².